The van der Waals surface area contributed by atoms with Gasteiger partial charge in [-0.05, 0) is 30.7 Å². The van der Waals surface area contributed by atoms with E-state index in [9.17, 15) is 9.59 Å². The van der Waals surface area contributed by atoms with Gasteiger partial charge >= 0.3 is 0 Å². The van der Waals surface area contributed by atoms with Gasteiger partial charge in [-0.25, -0.2) is 0 Å². The lowest BCUT2D eigenvalue weighted by Gasteiger charge is -2.10. The summed E-state index contributed by atoms with van der Waals surface area (Å²) in [4.78, 5) is 23.6. The number of thioether (sulfide) groups is 1. The molecular weight excluding hydrogens is 334 g/mol. The van der Waals surface area contributed by atoms with Gasteiger partial charge in [0.15, 0.2) is 5.78 Å². The maximum Gasteiger partial charge on any atom is 0.224 e. The third-order valence-electron chi connectivity index (χ3n) is 3.72. The predicted octanol–water partition coefficient (Wildman–Crippen LogP) is 3.49. The van der Waals surface area contributed by atoms with E-state index in [2.05, 4.69) is 17.4 Å². The Labute approximate surface area is 153 Å². The highest BCUT2D eigenvalue weighted by Gasteiger charge is 2.11. The van der Waals surface area contributed by atoms with E-state index >= 15 is 0 Å². The van der Waals surface area contributed by atoms with Crippen LogP contribution in [-0.4, -0.2) is 31.1 Å². The molecular formula is C20H23NO3S. The number of ether oxygens (including phenoxy) is 1. The molecule has 0 heterocycles. The highest BCUT2D eigenvalue weighted by Crippen LogP contribution is 2.21. The molecule has 1 N–H and O–H groups in total. The molecule has 0 radical (unpaired) electrons. The monoisotopic (exact) mass is 357 g/mol. The smallest absolute Gasteiger partial charge is 0.224 e. The van der Waals surface area contributed by atoms with Crippen LogP contribution in [0.4, 0.5) is 0 Å². The molecule has 25 heavy (non-hydrogen) atoms. The molecule has 2 rings (SSSR count). The van der Waals surface area contributed by atoms with Crippen LogP contribution in [0.25, 0.3) is 0 Å². The molecule has 0 fully saturated rings. The van der Waals surface area contributed by atoms with E-state index in [-0.39, 0.29) is 18.1 Å². The van der Waals surface area contributed by atoms with Crippen LogP contribution in [0.15, 0.2) is 48.5 Å². The van der Waals surface area contributed by atoms with Crippen molar-refractivity contribution in [2.24, 2.45) is 0 Å². The summed E-state index contributed by atoms with van der Waals surface area (Å²) in [6.45, 7) is 2.13. The summed E-state index contributed by atoms with van der Waals surface area (Å²) in [5.41, 5.74) is 2.59. The van der Waals surface area contributed by atoms with Gasteiger partial charge in [0.05, 0.1) is 13.5 Å². The molecule has 0 aromatic heterocycles. The number of amides is 1. The topological polar surface area (TPSA) is 55.4 Å². The molecule has 0 aliphatic heterocycles. The zero-order valence-corrected chi connectivity index (χ0v) is 15.4. The summed E-state index contributed by atoms with van der Waals surface area (Å²) < 4.78 is 5.28. The fraction of sp³-hybridized carbons (Fsp3) is 0.300. The van der Waals surface area contributed by atoms with Crippen molar-refractivity contribution in [1.29, 1.82) is 0 Å². The predicted molar refractivity (Wildman–Crippen MR) is 102 cm³/mol. The zero-order valence-electron chi connectivity index (χ0n) is 14.6. The number of carbonyl (C=O) groups is 2. The Morgan fingerprint density at radius 2 is 1.88 bits per heavy atom. The minimum atomic E-state index is -0.0701. The molecule has 0 atom stereocenters. The van der Waals surface area contributed by atoms with E-state index in [0.717, 1.165) is 17.1 Å². The van der Waals surface area contributed by atoms with Gasteiger partial charge in [-0.1, -0.05) is 30.3 Å². The van der Waals surface area contributed by atoms with Crippen LogP contribution in [-0.2, 0) is 17.0 Å². The molecule has 0 unspecified atom stereocenters. The average molecular weight is 357 g/mol. The lowest BCUT2D eigenvalue weighted by molar-refractivity contribution is -0.120. The molecule has 0 aliphatic carbocycles. The van der Waals surface area contributed by atoms with Gasteiger partial charge in [-0.2, -0.15) is 11.8 Å². The van der Waals surface area contributed by atoms with Crippen molar-refractivity contribution in [3.63, 3.8) is 0 Å². The lowest BCUT2D eigenvalue weighted by atomic mass is 10.0. The number of Topliss-reactive ketones (excluding diaryl/α,β-unsaturated/α-hetero) is 1. The van der Waals surface area contributed by atoms with Gasteiger partial charge in [-0.15, -0.1) is 0 Å². The molecule has 1 amide bonds. The Hall–Kier alpha value is -2.27. The van der Waals surface area contributed by atoms with Crippen LogP contribution in [0.3, 0.4) is 0 Å². The first-order chi connectivity index (χ1) is 12.1. The third kappa shape index (κ3) is 6.27. The summed E-state index contributed by atoms with van der Waals surface area (Å²) in [5.74, 6) is 2.32. The minimum absolute atomic E-state index is 0.0263. The summed E-state index contributed by atoms with van der Waals surface area (Å²) in [7, 11) is 1.56. The molecule has 0 spiro atoms. The average Bonchev–Trinajstić information content (AvgIpc) is 2.62. The highest BCUT2D eigenvalue weighted by atomic mass is 32.2. The molecule has 132 valence electrons. The van der Waals surface area contributed by atoms with Crippen molar-refractivity contribution in [3.8, 4) is 5.75 Å². The van der Waals surface area contributed by atoms with Crippen LogP contribution in [0.2, 0.25) is 0 Å². The van der Waals surface area contributed by atoms with Gasteiger partial charge < -0.3 is 10.1 Å². The summed E-state index contributed by atoms with van der Waals surface area (Å²) in [5, 5.41) is 2.92. The Morgan fingerprint density at radius 1 is 1.12 bits per heavy atom. The molecule has 4 nitrogen and oxygen atoms in total. The zero-order chi connectivity index (χ0) is 18.1. The fourth-order valence-electron chi connectivity index (χ4n) is 2.40. The van der Waals surface area contributed by atoms with Crippen molar-refractivity contribution in [3.05, 3.63) is 65.2 Å². The lowest BCUT2D eigenvalue weighted by Crippen LogP contribution is -2.27. The molecule has 0 saturated heterocycles. The number of hydrogen-bond donors (Lipinski definition) is 1. The normalized spacial score (nSPS) is 10.3. The second-order valence-corrected chi connectivity index (χ2v) is 6.75. The van der Waals surface area contributed by atoms with Crippen LogP contribution >= 0.6 is 11.8 Å². The van der Waals surface area contributed by atoms with Gasteiger partial charge in [-0.3, -0.25) is 9.59 Å². The first-order valence-corrected chi connectivity index (χ1v) is 9.32. The number of methoxy groups -OCH3 is 1. The SMILES string of the molecule is COc1ccc(C(C)=O)cc1CC(=O)NCCSCc1ccccc1. The second kappa shape index (κ2) is 9.89. The van der Waals surface area contributed by atoms with Crippen LogP contribution in [0.5, 0.6) is 5.75 Å². The van der Waals surface area contributed by atoms with E-state index in [1.807, 2.05) is 18.2 Å². The van der Waals surface area contributed by atoms with Crippen molar-refractivity contribution in [2.75, 3.05) is 19.4 Å². The quantitative estimate of drug-likeness (QED) is 0.551. The number of nitrogens with one attached hydrogen (secondary N) is 1. The maximum atomic E-state index is 12.1. The Balaban J connectivity index is 1.78. The maximum absolute atomic E-state index is 12.1. The number of ketones is 1. The Morgan fingerprint density at radius 3 is 2.56 bits per heavy atom. The molecule has 5 heteroatoms. The standard InChI is InChI=1S/C20H23NO3S/c1-15(22)17-8-9-19(24-2)18(12-17)13-20(23)21-10-11-25-14-16-6-4-3-5-7-16/h3-9,12H,10-11,13-14H2,1-2H3,(H,21,23). The molecule has 2 aromatic carbocycles. The van der Waals surface area contributed by atoms with Crippen molar-refractivity contribution in [2.45, 2.75) is 19.1 Å². The van der Waals surface area contributed by atoms with E-state index < -0.39 is 0 Å². The van der Waals surface area contributed by atoms with Crippen molar-refractivity contribution in [1.82, 2.24) is 5.32 Å². The first-order valence-electron chi connectivity index (χ1n) is 8.16. The number of benzene rings is 2. The number of rotatable bonds is 9. The molecule has 0 aliphatic rings. The number of carbonyl (C=O) groups excluding carboxylic acids is 2. The third-order valence-corrected chi connectivity index (χ3v) is 4.75. The number of hydrogen-bond acceptors (Lipinski definition) is 4. The van der Waals surface area contributed by atoms with E-state index in [1.165, 1.54) is 12.5 Å². The minimum Gasteiger partial charge on any atom is -0.496 e. The highest BCUT2D eigenvalue weighted by molar-refractivity contribution is 7.98. The summed E-state index contributed by atoms with van der Waals surface area (Å²) in [6, 6.07) is 15.4. The fourth-order valence-corrected chi connectivity index (χ4v) is 3.22. The van der Waals surface area contributed by atoms with Gasteiger partial charge in [0.25, 0.3) is 0 Å². The summed E-state index contributed by atoms with van der Waals surface area (Å²) in [6.07, 6.45) is 0.202. The molecule has 0 bridgehead atoms. The Bertz CT molecular complexity index is 716. The van der Waals surface area contributed by atoms with Gasteiger partial charge in [0.1, 0.15) is 5.75 Å². The van der Waals surface area contributed by atoms with Crippen LogP contribution < -0.4 is 10.1 Å². The summed E-state index contributed by atoms with van der Waals surface area (Å²) >= 11 is 1.78. The van der Waals surface area contributed by atoms with Crippen LogP contribution in [0, 0.1) is 0 Å². The van der Waals surface area contributed by atoms with E-state index in [0.29, 0.717) is 17.9 Å². The van der Waals surface area contributed by atoms with E-state index in [4.69, 9.17) is 4.74 Å². The first kappa shape index (κ1) is 19.1. The van der Waals surface area contributed by atoms with Crippen molar-refractivity contribution >= 4 is 23.5 Å². The van der Waals surface area contributed by atoms with E-state index in [1.54, 1.807) is 37.1 Å². The van der Waals surface area contributed by atoms with Crippen molar-refractivity contribution < 1.29 is 14.3 Å². The largest absolute Gasteiger partial charge is 0.496 e. The van der Waals surface area contributed by atoms with Crippen LogP contribution in [0.1, 0.15) is 28.4 Å². The molecule has 0 saturated carbocycles. The van der Waals surface area contributed by atoms with Gasteiger partial charge in [0, 0.05) is 29.2 Å². The van der Waals surface area contributed by atoms with Gasteiger partial charge in [0.2, 0.25) is 5.91 Å². The molecule has 2 aromatic rings. The second-order valence-electron chi connectivity index (χ2n) is 5.65. The Kier molecular flexibility index (Phi) is 7.54.